The minimum absolute atomic E-state index is 0.0939. The topological polar surface area (TPSA) is 87.9 Å². The van der Waals surface area contributed by atoms with Gasteiger partial charge in [0.2, 0.25) is 5.91 Å². The number of methoxy groups -OCH3 is 1. The molecule has 3 rings (SSSR count). The quantitative estimate of drug-likeness (QED) is 0.571. The lowest BCUT2D eigenvalue weighted by molar-refractivity contribution is -0.384. The maximum absolute atomic E-state index is 12.7. The van der Waals surface area contributed by atoms with Gasteiger partial charge in [-0.1, -0.05) is 23.7 Å². The van der Waals surface area contributed by atoms with Crippen LogP contribution in [0.3, 0.4) is 0 Å². The number of nitrogens with zero attached hydrogens (tertiary/aromatic N) is 3. The summed E-state index contributed by atoms with van der Waals surface area (Å²) in [5, 5.41) is 14.4. The van der Waals surface area contributed by atoms with Crippen LogP contribution in [0.1, 0.15) is 6.92 Å². The number of carbonyl (C=O) groups is 1. The molecule has 0 aliphatic carbocycles. The molecule has 154 valence electrons. The van der Waals surface area contributed by atoms with Crippen molar-refractivity contribution in [2.75, 3.05) is 43.5 Å². The summed E-state index contributed by atoms with van der Waals surface area (Å²) in [6, 6.07) is 11.5. The van der Waals surface area contributed by atoms with Gasteiger partial charge < -0.3 is 15.0 Å². The molecule has 0 radical (unpaired) electrons. The second-order valence-corrected chi connectivity index (χ2v) is 7.19. The molecule has 29 heavy (non-hydrogen) atoms. The molecule has 1 heterocycles. The Balaban J connectivity index is 1.61. The molecule has 1 atom stereocenters. The average molecular weight is 419 g/mol. The van der Waals surface area contributed by atoms with E-state index in [1.165, 1.54) is 25.3 Å². The lowest BCUT2D eigenvalue weighted by Crippen LogP contribution is -2.52. The van der Waals surface area contributed by atoms with E-state index in [1.54, 1.807) is 0 Å². The summed E-state index contributed by atoms with van der Waals surface area (Å²) in [7, 11) is 1.41. The monoisotopic (exact) mass is 418 g/mol. The van der Waals surface area contributed by atoms with E-state index in [4.69, 9.17) is 16.3 Å². The number of amides is 1. The number of nitrogens with one attached hydrogen (secondary N) is 1. The number of rotatable bonds is 6. The van der Waals surface area contributed by atoms with Gasteiger partial charge in [-0.25, -0.2) is 0 Å². The second-order valence-electron chi connectivity index (χ2n) is 6.78. The van der Waals surface area contributed by atoms with E-state index in [0.29, 0.717) is 5.69 Å². The van der Waals surface area contributed by atoms with Crippen LogP contribution in [-0.2, 0) is 4.79 Å². The van der Waals surface area contributed by atoms with Crippen molar-refractivity contribution >= 4 is 34.6 Å². The van der Waals surface area contributed by atoms with Crippen LogP contribution in [0.25, 0.3) is 0 Å². The van der Waals surface area contributed by atoms with Gasteiger partial charge in [-0.3, -0.25) is 19.8 Å². The minimum atomic E-state index is -0.505. The second kappa shape index (κ2) is 9.11. The average Bonchev–Trinajstić information content (AvgIpc) is 2.73. The highest BCUT2D eigenvalue weighted by Crippen LogP contribution is 2.30. The van der Waals surface area contributed by atoms with Gasteiger partial charge in [0.1, 0.15) is 5.75 Å². The predicted octanol–water partition coefficient (Wildman–Crippen LogP) is 3.41. The van der Waals surface area contributed by atoms with Gasteiger partial charge in [0.15, 0.2) is 0 Å². The third kappa shape index (κ3) is 4.78. The van der Waals surface area contributed by atoms with Gasteiger partial charge in [0.25, 0.3) is 5.69 Å². The molecule has 1 N–H and O–H groups in total. The Bertz CT molecular complexity index is 900. The van der Waals surface area contributed by atoms with Crippen LogP contribution in [0.15, 0.2) is 42.5 Å². The number of anilines is 2. The fourth-order valence-corrected chi connectivity index (χ4v) is 3.61. The Hall–Kier alpha value is -2.84. The third-order valence-corrected chi connectivity index (χ3v) is 5.41. The summed E-state index contributed by atoms with van der Waals surface area (Å²) < 4.78 is 5.18. The number of halogens is 1. The zero-order valence-corrected chi connectivity index (χ0v) is 17.1. The SMILES string of the molecule is COc1cc([N+](=O)[O-])ccc1NC(=O)[C@@H](C)N1CCN(c2ccccc2Cl)CC1. The number of para-hydroxylation sites is 1. The van der Waals surface area contributed by atoms with E-state index < -0.39 is 4.92 Å². The summed E-state index contributed by atoms with van der Waals surface area (Å²) in [5.74, 6) is 0.0617. The molecule has 0 saturated carbocycles. The van der Waals surface area contributed by atoms with Gasteiger partial charge in [-0.15, -0.1) is 0 Å². The van der Waals surface area contributed by atoms with Crippen LogP contribution >= 0.6 is 11.6 Å². The molecule has 9 heteroatoms. The largest absolute Gasteiger partial charge is 0.494 e. The van der Waals surface area contributed by atoms with Gasteiger partial charge in [-0.2, -0.15) is 0 Å². The first kappa shape index (κ1) is 20.9. The van der Waals surface area contributed by atoms with Crippen molar-refractivity contribution in [1.82, 2.24) is 4.90 Å². The number of hydrogen-bond donors (Lipinski definition) is 1. The van der Waals surface area contributed by atoms with Crippen LogP contribution in [0.2, 0.25) is 5.02 Å². The molecular weight excluding hydrogens is 396 g/mol. The van der Waals surface area contributed by atoms with Crippen LogP contribution < -0.4 is 15.0 Å². The summed E-state index contributed by atoms with van der Waals surface area (Å²) >= 11 is 6.28. The van der Waals surface area contributed by atoms with Crippen molar-refractivity contribution < 1.29 is 14.5 Å². The minimum Gasteiger partial charge on any atom is -0.494 e. The standard InChI is InChI=1S/C20H23ClN4O4/c1-14(20(26)22-17-8-7-15(25(27)28)13-19(17)29-2)23-9-11-24(12-10-23)18-6-4-3-5-16(18)21/h3-8,13-14H,9-12H2,1-2H3,(H,22,26)/t14-/m1/s1. The number of carbonyl (C=O) groups excluding carboxylic acids is 1. The molecule has 1 aliphatic heterocycles. The maximum Gasteiger partial charge on any atom is 0.273 e. The van der Waals surface area contributed by atoms with E-state index in [-0.39, 0.29) is 23.4 Å². The van der Waals surface area contributed by atoms with E-state index in [0.717, 1.165) is 36.9 Å². The van der Waals surface area contributed by atoms with E-state index >= 15 is 0 Å². The van der Waals surface area contributed by atoms with Crippen molar-refractivity contribution in [2.45, 2.75) is 13.0 Å². The molecule has 0 unspecified atom stereocenters. The van der Waals surface area contributed by atoms with E-state index in [1.807, 2.05) is 31.2 Å². The number of nitro groups is 1. The van der Waals surface area contributed by atoms with Crippen molar-refractivity contribution in [3.63, 3.8) is 0 Å². The summed E-state index contributed by atoms with van der Waals surface area (Å²) in [6.45, 7) is 4.82. The lowest BCUT2D eigenvalue weighted by atomic mass is 10.2. The molecule has 2 aromatic carbocycles. The van der Waals surface area contributed by atoms with Crippen LogP contribution in [0, 0.1) is 10.1 Å². The normalized spacial score (nSPS) is 15.6. The summed E-state index contributed by atoms with van der Waals surface area (Å²) in [4.78, 5) is 27.4. The highest BCUT2D eigenvalue weighted by Gasteiger charge is 2.27. The predicted molar refractivity (Wildman–Crippen MR) is 113 cm³/mol. The smallest absolute Gasteiger partial charge is 0.273 e. The van der Waals surface area contributed by atoms with Crippen molar-refractivity contribution in [3.8, 4) is 5.75 Å². The first-order valence-electron chi connectivity index (χ1n) is 9.27. The van der Waals surface area contributed by atoms with Crippen LogP contribution in [0.4, 0.5) is 17.1 Å². The van der Waals surface area contributed by atoms with Gasteiger partial charge in [-0.05, 0) is 25.1 Å². The first-order valence-corrected chi connectivity index (χ1v) is 9.65. The molecular formula is C20H23ClN4O4. The molecule has 0 spiro atoms. The summed E-state index contributed by atoms with van der Waals surface area (Å²) in [6.07, 6.45) is 0. The highest BCUT2D eigenvalue weighted by molar-refractivity contribution is 6.33. The molecule has 1 aliphatic rings. The molecule has 8 nitrogen and oxygen atoms in total. The molecule has 0 aromatic heterocycles. The molecule has 1 fully saturated rings. The number of benzene rings is 2. The maximum atomic E-state index is 12.7. The van der Waals surface area contributed by atoms with Crippen molar-refractivity contribution in [1.29, 1.82) is 0 Å². The number of piperazine rings is 1. The molecule has 2 aromatic rings. The van der Waals surface area contributed by atoms with E-state index in [9.17, 15) is 14.9 Å². The Morgan fingerprint density at radius 1 is 1.21 bits per heavy atom. The molecule has 0 bridgehead atoms. The first-order chi connectivity index (χ1) is 13.9. The summed E-state index contributed by atoms with van der Waals surface area (Å²) in [5.41, 5.74) is 1.31. The van der Waals surface area contributed by atoms with Gasteiger partial charge in [0.05, 0.1) is 40.5 Å². The Labute approximate surface area is 174 Å². The van der Waals surface area contributed by atoms with Crippen molar-refractivity contribution in [2.24, 2.45) is 0 Å². The number of ether oxygens (including phenoxy) is 1. The Morgan fingerprint density at radius 2 is 1.90 bits per heavy atom. The zero-order chi connectivity index (χ0) is 21.0. The highest BCUT2D eigenvalue weighted by atomic mass is 35.5. The zero-order valence-electron chi connectivity index (χ0n) is 16.3. The van der Waals surface area contributed by atoms with Crippen LogP contribution in [0.5, 0.6) is 5.75 Å². The molecule has 1 amide bonds. The fraction of sp³-hybridized carbons (Fsp3) is 0.350. The van der Waals surface area contributed by atoms with Crippen LogP contribution in [-0.4, -0.2) is 55.1 Å². The number of hydrogen-bond acceptors (Lipinski definition) is 6. The molecule has 1 saturated heterocycles. The third-order valence-electron chi connectivity index (χ3n) is 5.09. The van der Waals surface area contributed by atoms with Crippen molar-refractivity contribution in [3.05, 3.63) is 57.6 Å². The number of nitro benzene ring substituents is 1. The van der Waals surface area contributed by atoms with E-state index in [2.05, 4.69) is 15.1 Å². The van der Waals surface area contributed by atoms with Gasteiger partial charge >= 0.3 is 0 Å². The Morgan fingerprint density at radius 3 is 2.52 bits per heavy atom. The lowest BCUT2D eigenvalue weighted by Gasteiger charge is -2.38. The number of non-ortho nitro benzene ring substituents is 1. The Kier molecular flexibility index (Phi) is 6.56. The van der Waals surface area contributed by atoms with Gasteiger partial charge in [0, 0.05) is 32.2 Å². The fourth-order valence-electron chi connectivity index (χ4n) is 3.36.